The summed E-state index contributed by atoms with van der Waals surface area (Å²) in [5.41, 5.74) is 1.88. The van der Waals surface area contributed by atoms with Crippen molar-refractivity contribution in [1.29, 1.82) is 0 Å². The Morgan fingerprint density at radius 3 is 2.74 bits per heavy atom. The molecule has 0 amide bonds. The topological polar surface area (TPSA) is 15.3 Å². The lowest BCUT2D eigenvalue weighted by atomic mass is 10.1. The molecule has 2 rings (SSSR count). The van der Waals surface area contributed by atoms with Crippen molar-refractivity contribution in [2.45, 2.75) is 20.4 Å². The first-order valence-corrected chi connectivity index (χ1v) is 8.14. The van der Waals surface area contributed by atoms with E-state index in [1.54, 1.807) is 6.07 Å². The van der Waals surface area contributed by atoms with E-state index in [2.05, 4.69) is 24.1 Å². The van der Waals surface area contributed by atoms with Crippen LogP contribution < -0.4 is 10.2 Å². The molecule has 4 heteroatoms. The predicted octanol–water partition coefficient (Wildman–Crippen LogP) is 3.12. The Kier molecular flexibility index (Phi) is 5.52. The lowest BCUT2D eigenvalue weighted by Gasteiger charge is -2.30. The fourth-order valence-electron chi connectivity index (χ4n) is 2.34. The van der Waals surface area contributed by atoms with Gasteiger partial charge in [0, 0.05) is 31.1 Å². The maximum atomic E-state index is 14.1. The van der Waals surface area contributed by atoms with Crippen molar-refractivity contribution in [1.82, 2.24) is 5.32 Å². The van der Waals surface area contributed by atoms with Crippen LogP contribution in [0.3, 0.4) is 0 Å². The second-order valence-electron chi connectivity index (χ2n) is 5.37. The number of para-hydroxylation sites is 1. The molecule has 1 aliphatic rings. The van der Waals surface area contributed by atoms with E-state index in [-0.39, 0.29) is 5.82 Å². The first-order chi connectivity index (χ1) is 9.18. The van der Waals surface area contributed by atoms with Gasteiger partial charge in [-0.2, -0.15) is 11.8 Å². The van der Waals surface area contributed by atoms with Gasteiger partial charge in [-0.3, -0.25) is 0 Å². The van der Waals surface area contributed by atoms with Gasteiger partial charge in [0.1, 0.15) is 5.82 Å². The molecule has 1 aliphatic heterocycles. The summed E-state index contributed by atoms with van der Waals surface area (Å²) < 4.78 is 14.1. The molecule has 1 fully saturated rings. The molecular formula is C15H23FN2S. The van der Waals surface area contributed by atoms with Gasteiger partial charge in [0.15, 0.2) is 0 Å². The molecule has 1 aromatic rings. The number of nitrogens with zero attached hydrogens (tertiary/aromatic N) is 1. The zero-order chi connectivity index (χ0) is 13.7. The van der Waals surface area contributed by atoms with Crippen LogP contribution in [0.5, 0.6) is 0 Å². The molecule has 0 aromatic heterocycles. The Hall–Kier alpha value is -0.740. The molecule has 1 aromatic carbocycles. The summed E-state index contributed by atoms with van der Waals surface area (Å²) in [5.74, 6) is 2.71. The van der Waals surface area contributed by atoms with Crippen molar-refractivity contribution in [2.75, 3.05) is 36.0 Å². The van der Waals surface area contributed by atoms with Gasteiger partial charge < -0.3 is 10.2 Å². The van der Waals surface area contributed by atoms with Gasteiger partial charge in [0.2, 0.25) is 0 Å². The van der Waals surface area contributed by atoms with E-state index in [1.807, 2.05) is 23.9 Å². The Balaban J connectivity index is 2.10. The molecule has 0 radical (unpaired) electrons. The summed E-state index contributed by atoms with van der Waals surface area (Å²) in [7, 11) is 0. The first kappa shape index (κ1) is 14.7. The lowest BCUT2D eigenvalue weighted by molar-refractivity contribution is 0.549. The summed E-state index contributed by atoms with van der Waals surface area (Å²) in [6, 6.07) is 5.42. The number of benzene rings is 1. The van der Waals surface area contributed by atoms with E-state index >= 15 is 0 Å². The molecule has 0 aliphatic carbocycles. The van der Waals surface area contributed by atoms with Crippen LogP contribution in [0.25, 0.3) is 0 Å². The van der Waals surface area contributed by atoms with E-state index in [9.17, 15) is 4.39 Å². The highest BCUT2D eigenvalue weighted by atomic mass is 32.2. The molecular weight excluding hydrogens is 259 g/mol. The molecule has 0 saturated carbocycles. The lowest BCUT2D eigenvalue weighted by Crippen LogP contribution is -2.34. The minimum atomic E-state index is -0.0873. The second kappa shape index (κ2) is 7.15. The van der Waals surface area contributed by atoms with Crippen molar-refractivity contribution in [3.05, 3.63) is 29.6 Å². The van der Waals surface area contributed by atoms with Crippen molar-refractivity contribution in [3.63, 3.8) is 0 Å². The maximum absolute atomic E-state index is 14.1. The average Bonchev–Trinajstić information content (AvgIpc) is 2.39. The fraction of sp³-hybridized carbons (Fsp3) is 0.600. The Morgan fingerprint density at radius 1 is 1.32 bits per heavy atom. The summed E-state index contributed by atoms with van der Waals surface area (Å²) in [6.45, 7) is 7.97. The van der Waals surface area contributed by atoms with Crippen LogP contribution >= 0.6 is 11.8 Å². The van der Waals surface area contributed by atoms with Crippen LogP contribution in [0.2, 0.25) is 0 Å². The number of hydrogen-bond donors (Lipinski definition) is 1. The van der Waals surface area contributed by atoms with Crippen molar-refractivity contribution in [3.8, 4) is 0 Å². The molecule has 0 bridgehead atoms. The van der Waals surface area contributed by atoms with Gasteiger partial charge in [0.25, 0.3) is 0 Å². The molecule has 0 spiro atoms. The molecule has 1 heterocycles. The minimum absolute atomic E-state index is 0.0873. The predicted molar refractivity (Wildman–Crippen MR) is 82.5 cm³/mol. The van der Waals surface area contributed by atoms with Crippen LogP contribution in [-0.2, 0) is 6.54 Å². The van der Waals surface area contributed by atoms with Gasteiger partial charge >= 0.3 is 0 Å². The highest BCUT2D eigenvalue weighted by molar-refractivity contribution is 7.99. The summed E-state index contributed by atoms with van der Waals surface area (Å²) in [6.07, 6.45) is 0. The quantitative estimate of drug-likeness (QED) is 0.893. The molecule has 1 N–H and O–H groups in total. The molecule has 1 saturated heterocycles. The zero-order valence-electron chi connectivity index (χ0n) is 11.8. The van der Waals surface area contributed by atoms with E-state index < -0.39 is 0 Å². The van der Waals surface area contributed by atoms with Crippen molar-refractivity contribution < 1.29 is 4.39 Å². The standard InChI is InChI=1S/C15H23FN2S/c1-12(2)10-17-11-13-4-3-5-14(16)15(13)18-6-8-19-9-7-18/h3-5,12,17H,6-11H2,1-2H3. The molecule has 0 unspecified atom stereocenters. The number of anilines is 1. The van der Waals surface area contributed by atoms with Crippen LogP contribution in [0.4, 0.5) is 10.1 Å². The van der Waals surface area contributed by atoms with Gasteiger partial charge in [0.05, 0.1) is 5.69 Å². The van der Waals surface area contributed by atoms with E-state index in [0.717, 1.165) is 48.9 Å². The molecule has 0 atom stereocenters. The maximum Gasteiger partial charge on any atom is 0.146 e. The van der Waals surface area contributed by atoms with Crippen LogP contribution in [0.15, 0.2) is 18.2 Å². The third kappa shape index (κ3) is 4.11. The Labute approximate surface area is 119 Å². The number of thioether (sulfide) groups is 1. The SMILES string of the molecule is CC(C)CNCc1cccc(F)c1N1CCSCC1. The Bertz CT molecular complexity index is 403. The van der Waals surface area contributed by atoms with Crippen molar-refractivity contribution >= 4 is 17.4 Å². The van der Waals surface area contributed by atoms with Gasteiger partial charge in [-0.05, 0) is 24.1 Å². The molecule has 19 heavy (non-hydrogen) atoms. The number of rotatable bonds is 5. The van der Waals surface area contributed by atoms with Gasteiger partial charge in [-0.25, -0.2) is 4.39 Å². The van der Waals surface area contributed by atoms with Crippen LogP contribution in [0.1, 0.15) is 19.4 Å². The van der Waals surface area contributed by atoms with Crippen LogP contribution in [0, 0.1) is 11.7 Å². The highest BCUT2D eigenvalue weighted by Crippen LogP contribution is 2.27. The monoisotopic (exact) mass is 282 g/mol. The van der Waals surface area contributed by atoms with Gasteiger partial charge in [-0.15, -0.1) is 0 Å². The van der Waals surface area contributed by atoms with E-state index in [1.165, 1.54) is 0 Å². The minimum Gasteiger partial charge on any atom is -0.367 e. The molecule has 106 valence electrons. The zero-order valence-corrected chi connectivity index (χ0v) is 12.6. The smallest absolute Gasteiger partial charge is 0.146 e. The summed E-state index contributed by atoms with van der Waals surface area (Å²) in [4.78, 5) is 2.19. The average molecular weight is 282 g/mol. The third-order valence-corrected chi connectivity index (χ3v) is 4.21. The largest absolute Gasteiger partial charge is 0.367 e. The second-order valence-corrected chi connectivity index (χ2v) is 6.60. The number of hydrogen-bond acceptors (Lipinski definition) is 3. The van der Waals surface area contributed by atoms with Gasteiger partial charge in [-0.1, -0.05) is 26.0 Å². The first-order valence-electron chi connectivity index (χ1n) is 6.99. The summed E-state index contributed by atoms with van der Waals surface area (Å²) >= 11 is 1.95. The molecule has 2 nitrogen and oxygen atoms in total. The summed E-state index contributed by atoms with van der Waals surface area (Å²) in [5, 5.41) is 3.41. The normalized spacial score (nSPS) is 16.1. The Morgan fingerprint density at radius 2 is 2.05 bits per heavy atom. The van der Waals surface area contributed by atoms with Crippen molar-refractivity contribution in [2.24, 2.45) is 5.92 Å². The third-order valence-electron chi connectivity index (χ3n) is 3.27. The highest BCUT2D eigenvalue weighted by Gasteiger charge is 2.18. The van der Waals surface area contributed by atoms with Crippen LogP contribution in [-0.4, -0.2) is 31.1 Å². The number of halogens is 1. The fourth-order valence-corrected chi connectivity index (χ4v) is 3.24. The number of nitrogens with one attached hydrogen (secondary N) is 1. The van der Waals surface area contributed by atoms with E-state index in [0.29, 0.717) is 5.92 Å². The van der Waals surface area contributed by atoms with E-state index in [4.69, 9.17) is 0 Å².